The normalized spacial score (nSPS) is 21.4. The van der Waals surface area contributed by atoms with Gasteiger partial charge in [-0.3, -0.25) is 14.5 Å². The van der Waals surface area contributed by atoms with Crippen molar-refractivity contribution in [2.45, 2.75) is 32.4 Å². The van der Waals surface area contributed by atoms with Crippen LogP contribution >= 0.6 is 11.6 Å². The number of nitrogens with zero attached hydrogens (tertiary/aromatic N) is 5. The molecule has 0 saturated carbocycles. The number of pyridine rings is 1. The van der Waals surface area contributed by atoms with Crippen LogP contribution in [0, 0.1) is 5.92 Å². The number of aromatic nitrogens is 4. The van der Waals surface area contributed by atoms with Crippen LogP contribution in [0.3, 0.4) is 0 Å². The molecule has 2 atom stereocenters. The number of amides is 1. The number of rotatable bonds is 3. The quantitative estimate of drug-likeness (QED) is 0.681. The predicted octanol–water partition coefficient (Wildman–Crippen LogP) is 3.57. The summed E-state index contributed by atoms with van der Waals surface area (Å²) in [4.78, 5) is 19.4. The maximum atomic E-state index is 12.8. The summed E-state index contributed by atoms with van der Waals surface area (Å²) >= 11 is 5.92. The molecule has 3 aromatic heterocycles. The van der Waals surface area contributed by atoms with E-state index in [1.54, 1.807) is 17.1 Å². The van der Waals surface area contributed by atoms with E-state index < -0.39 is 0 Å². The molecular formula is C21H22ClN5O. The number of carbonyl (C=O) groups excluding carboxylic acids is 1. The monoisotopic (exact) mass is 395 g/mol. The Bertz CT molecular complexity index is 1080. The van der Waals surface area contributed by atoms with Gasteiger partial charge < -0.3 is 9.47 Å². The first-order chi connectivity index (χ1) is 13.6. The molecule has 1 saturated heterocycles. The Morgan fingerprint density at radius 1 is 1.36 bits per heavy atom. The standard InChI is InChI=1S/C21H22ClN5O/c1-14-5-7-25(20(28)13-26-11-16(22)10-24-26)12-19(14)27-8-6-15-9-23-18-4-2-3-17(18)21(15)27/h2-3,6,8-11,14,19H,4-5,7,12-13H2,1H3/t14-,19+/m1/s1. The van der Waals surface area contributed by atoms with Gasteiger partial charge in [0.1, 0.15) is 6.54 Å². The largest absolute Gasteiger partial charge is 0.342 e. The SMILES string of the molecule is C[C@@H]1CCN(C(=O)Cn2cc(Cl)cn2)C[C@@H]1n1ccc2cnc3c(c21)C=CC3. The van der Waals surface area contributed by atoms with Crippen LogP contribution < -0.4 is 0 Å². The third kappa shape index (κ3) is 2.92. The highest BCUT2D eigenvalue weighted by Crippen LogP contribution is 2.35. The van der Waals surface area contributed by atoms with E-state index in [9.17, 15) is 4.79 Å². The molecule has 1 aliphatic carbocycles. The Kier molecular flexibility index (Phi) is 4.23. The van der Waals surface area contributed by atoms with Crippen LogP contribution in [0.4, 0.5) is 0 Å². The number of likely N-dealkylation sites (tertiary alicyclic amines) is 1. The Morgan fingerprint density at radius 2 is 2.25 bits per heavy atom. The smallest absolute Gasteiger partial charge is 0.244 e. The summed E-state index contributed by atoms with van der Waals surface area (Å²) in [6.45, 7) is 4.00. The van der Waals surface area contributed by atoms with Crippen LogP contribution in [-0.4, -0.2) is 43.2 Å². The molecule has 5 rings (SSSR count). The molecule has 1 aliphatic heterocycles. The van der Waals surface area contributed by atoms with Gasteiger partial charge in [-0.25, -0.2) is 0 Å². The number of hydrogen-bond acceptors (Lipinski definition) is 3. The van der Waals surface area contributed by atoms with E-state index in [0.717, 1.165) is 30.5 Å². The summed E-state index contributed by atoms with van der Waals surface area (Å²) in [5.41, 5.74) is 3.60. The van der Waals surface area contributed by atoms with Crippen molar-refractivity contribution < 1.29 is 4.79 Å². The van der Waals surface area contributed by atoms with Gasteiger partial charge in [0.05, 0.1) is 28.5 Å². The molecule has 7 heteroatoms. The Hall–Kier alpha value is -2.60. The van der Waals surface area contributed by atoms with Crippen LogP contribution in [0.5, 0.6) is 0 Å². The Labute approximate surface area is 168 Å². The van der Waals surface area contributed by atoms with Gasteiger partial charge in [-0.2, -0.15) is 5.10 Å². The summed E-state index contributed by atoms with van der Waals surface area (Å²) in [6.07, 6.45) is 13.6. The summed E-state index contributed by atoms with van der Waals surface area (Å²) < 4.78 is 3.96. The van der Waals surface area contributed by atoms with Gasteiger partial charge in [0, 0.05) is 49.1 Å². The Balaban J connectivity index is 1.43. The van der Waals surface area contributed by atoms with E-state index >= 15 is 0 Å². The fraction of sp³-hybridized carbons (Fsp3) is 0.381. The molecule has 144 valence electrons. The first kappa shape index (κ1) is 17.5. The molecule has 2 aliphatic rings. The van der Waals surface area contributed by atoms with E-state index in [1.165, 1.54) is 11.1 Å². The molecule has 4 heterocycles. The highest BCUT2D eigenvalue weighted by atomic mass is 35.5. The maximum absolute atomic E-state index is 12.8. The van der Waals surface area contributed by atoms with Crippen molar-refractivity contribution in [3.8, 4) is 0 Å². The lowest BCUT2D eigenvalue weighted by Crippen LogP contribution is -2.45. The second-order valence-electron chi connectivity index (χ2n) is 7.78. The zero-order chi connectivity index (χ0) is 19.3. The van der Waals surface area contributed by atoms with Crippen molar-refractivity contribution in [2.75, 3.05) is 13.1 Å². The van der Waals surface area contributed by atoms with Gasteiger partial charge in [0.15, 0.2) is 0 Å². The summed E-state index contributed by atoms with van der Waals surface area (Å²) in [5, 5.41) is 5.84. The van der Waals surface area contributed by atoms with Crippen LogP contribution in [0.15, 0.2) is 36.9 Å². The molecule has 3 aromatic rings. The lowest BCUT2D eigenvalue weighted by Gasteiger charge is -2.38. The second kappa shape index (κ2) is 6.78. The van der Waals surface area contributed by atoms with Gasteiger partial charge in [0.2, 0.25) is 5.91 Å². The van der Waals surface area contributed by atoms with Crippen LogP contribution in [0.1, 0.15) is 30.6 Å². The molecule has 1 amide bonds. The molecule has 0 N–H and O–H groups in total. The summed E-state index contributed by atoms with van der Waals surface area (Å²) in [6, 6.07) is 2.38. The summed E-state index contributed by atoms with van der Waals surface area (Å²) in [5.74, 6) is 0.577. The third-order valence-corrected chi connectivity index (χ3v) is 6.19. The van der Waals surface area contributed by atoms with E-state index in [-0.39, 0.29) is 18.5 Å². The number of allylic oxidation sites excluding steroid dienone is 1. The topological polar surface area (TPSA) is 56.0 Å². The van der Waals surface area contributed by atoms with Crippen LogP contribution in [0.25, 0.3) is 17.0 Å². The lowest BCUT2D eigenvalue weighted by atomic mass is 9.92. The van der Waals surface area contributed by atoms with E-state index in [1.807, 2.05) is 11.1 Å². The van der Waals surface area contributed by atoms with Crippen molar-refractivity contribution in [3.05, 3.63) is 53.2 Å². The first-order valence-electron chi connectivity index (χ1n) is 9.71. The number of carbonyl (C=O) groups is 1. The van der Waals surface area contributed by atoms with Crippen molar-refractivity contribution in [2.24, 2.45) is 5.92 Å². The average molecular weight is 396 g/mol. The molecular weight excluding hydrogens is 374 g/mol. The number of fused-ring (bicyclic) bond motifs is 3. The average Bonchev–Trinajstić information content (AvgIpc) is 3.40. The molecule has 6 nitrogen and oxygen atoms in total. The van der Waals surface area contributed by atoms with E-state index in [2.05, 4.69) is 46.0 Å². The highest BCUT2D eigenvalue weighted by molar-refractivity contribution is 6.30. The predicted molar refractivity (Wildman–Crippen MR) is 109 cm³/mol. The van der Waals surface area contributed by atoms with Crippen LogP contribution in [-0.2, 0) is 17.8 Å². The molecule has 0 spiro atoms. The molecule has 0 bridgehead atoms. The maximum Gasteiger partial charge on any atom is 0.244 e. The molecule has 0 aromatic carbocycles. The highest BCUT2D eigenvalue weighted by Gasteiger charge is 2.31. The third-order valence-electron chi connectivity index (χ3n) is 6.00. The minimum Gasteiger partial charge on any atom is -0.342 e. The van der Waals surface area contributed by atoms with Crippen molar-refractivity contribution in [3.63, 3.8) is 0 Å². The Morgan fingerprint density at radius 3 is 3.07 bits per heavy atom. The fourth-order valence-electron chi connectivity index (χ4n) is 4.42. The van der Waals surface area contributed by atoms with Gasteiger partial charge in [-0.05, 0) is 18.4 Å². The number of hydrogen-bond donors (Lipinski definition) is 0. The molecule has 1 fully saturated rings. The zero-order valence-corrected chi connectivity index (χ0v) is 16.5. The lowest BCUT2D eigenvalue weighted by molar-refractivity contribution is -0.134. The van der Waals surface area contributed by atoms with E-state index in [4.69, 9.17) is 11.6 Å². The second-order valence-corrected chi connectivity index (χ2v) is 8.22. The molecule has 0 unspecified atom stereocenters. The van der Waals surface area contributed by atoms with Gasteiger partial charge >= 0.3 is 0 Å². The van der Waals surface area contributed by atoms with Crippen LogP contribution in [0.2, 0.25) is 5.02 Å². The fourth-order valence-corrected chi connectivity index (χ4v) is 4.58. The minimum atomic E-state index is 0.0833. The van der Waals surface area contributed by atoms with E-state index in [0.29, 0.717) is 17.5 Å². The van der Waals surface area contributed by atoms with Gasteiger partial charge in [-0.1, -0.05) is 30.7 Å². The molecule has 28 heavy (non-hydrogen) atoms. The molecule has 0 radical (unpaired) electrons. The van der Waals surface area contributed by atoms with Crippen molar-refractivity contribution >= 4 is 34.5 Å². The summed E-state index contributed by atoms with van der Waals surface area (Å²) in [7, 11) is 0. The number of halogens is 1. The van der Waals surface area contributed by atoms with Gasteiger partial charge in [-0.15, -0.1) is 0 Å². The minimum absolute atomic E-state index is 0.0833. The van der Waals surface area contributed by atoms with Crippen molar-refractivity contribution in [1.82, 2.24) is 24.2 Å². The van der Waals surface area contributed by atoms with Crippen molar-refractivity contribution in [1.29, 1.82) is 0 Å². The zero-order valence-electron chi connectivity index (χ0n) is 15.8. The first-order valence-corrected chi connectivity index (χ1v) is 10.1. The number of piperidine rings is 1. The van der Waals surface area contributed by atoms with Gasteiger partial charge in [0.25, 0.3) is 0 Å².